The summed E-state index contributed by atoms with van der Waals surface area (Å²) in [5, 5.41) is 0. The van der Waals surface area contributed by atoms with Gasteiger partial charge in [0.25, 0.3) is 0 Å². The van der Waals surface area contributed by atoms with Crippen molar-refractivity contribution >= 4 is 58.3 Å². The highest BCUT2D eigenvalue weighted by atomic mass is 35.6. The molecule has 1 atom stereocenters. The van der Waals surface area contributed by atoms with E-state index >= 15 is 0 Å². The number of amidine groups is 1. The number of halogens is 4. The standard InChI is InChI=1S/C14H14Cl3FN4O2/c1-20(2)12(14(15,16)17)19-10-11(23)22(13(24)21(10)3)9-7-5-4-6-8(9)18/h4-7,12H,1-3H3/b19-10+. The Morgan fingerprint density at radius 2 is 1.79 bits per heavy atom. The number of carbonyl (C=O) groups excluding carboxylic acids is 2. The zero-order valence-electron chi connectivity index (χ0n) is 13.0. The fourth-order valence-corrected chi connectivity index (χ4v) is 2.89. The zero-order chi connectivity index (χ0) is 18.2. The first-order chi connectivity index (χ1) is 11.1. The van der Waals surface area contributed by atoms with Crippen LogP contribution in [0.2, 0.25) is 0 Å². The largest absolute Gasteiger partial charge is 0.337 e. The number of alkyl halides is 3. The second-order valence-electron chi connectivity index (χ2n) is 5.27. The number of hydrogen-bond donors (Lipinski definition) is 0. The predicted octanol–water partition coefficient (Wildman–Crippen LogP) is 2.88. The van der Waals surface area contributed by atoms with Crippen LogP contribution in [0.15, 0.2) is 29.3 Å². The molecule has 24 heavy (non-hydrogen) atoms. The van der Waals surface area contributed by atoms with Crippen molar-refractivity contribution in [2.45, 2.75) is 9.96 Å². The molecule has 1 aromatic carbocycles. The van der Waals surface area contributed by atoms with Gasteiger partial charge in [-0.3, -0.25) is 14.6 Å². The van der Waals surface area contributed by atoms with Crippen LogP contribution in [0.4, 0.5) is 14.9 Å². The van der Waals surface area contributed by atoms with Crippen LogP contribution in [0.5, 0.6) is 0 Å². The van der Waals surface area contributed by atoms with Crippen molar-refractivity contribution in [3.05, 3.63) is 30.1 Å². The number of para-hydroxylation sites is 1. The van der Waals surface area contributed by atoms with Gasteiger partial charge in [-0.1, -0.05) is 46.9 Å². The molecule has 0 spiro atoms. The average molecular weight is 396 g/mol. The number of hydrogen-bond acceptors (Lipinski definition) is 4. The van der Waals surface area contributed by atoms with Crippen molar-refractivity contribution in [3.8, 4) is 0 Å². The van der Waals surface area contributed by atoms with Crippen LogP contribution in [-0.4, -0.2) is 58.7 Å². The van der Waals surface area contributed by atoms with E-state index in [0.717, 1.165) is 11.0 Å². The van der Waals surface area contributed by atoms with E-state index < -0.39 is 27.7 Å². The van der Waals surface area contributed by atoms with Gasteiger partial charge in [-0.25, -0.2) is 19.1 Å². The van der Waals surface area contributed by atoms with E-state index in [0.29, 0.717) is 4.90 Å². The van der Waals surface area contributed by atoms with E-state index in [-0.39, 0.29) is 11.5 Å². The summed E-state index contributed by atoms with van der Waals surface area (Å²) < 4.78 is 12.1. The van der Waals surface area contributed by atoms with E-state index in [1.165, 1.54) is 30.1 Å². The molecule has 0 N–H and O–H groups in total. The minimum absolute atomic E-state index is 0.167. The van der Waals surface area contributed by atoms with Gasteiger partial charge in [0.15, 0.2) is 6.17 Å². The van der Waals surface area contributed by atoms with Gasteiger partial charge >= 0.3 is 11.9 Å². The first-order valence-electron chi connectivity index (χ1n) is 6.73. The van der Waals surface area contributed by atoms with E-state index in [9.17, 15) is 14.0 Å². The lowest BCUT2D eigenvalue weighted by Crippen LogP contribution is -2.40. The summed E-state index contributed by atoms with van der Waals surface area (Å²) in [7, 11) is 4.55. The van der Waals surface area contributed by atoms with Crippen LogP contribution in [0.25, 0.3) is 0 Å². The third kappa shape index (κ3) is 3.49. The molecule has 1 unspecified atom stereocenters. The second kappa shape index (κ2) is 6.84. The van der Waals surface area contributed by atoms with Crippen LogP contribution < -0.4 is 4.90 Å². The Labute approximate surface area is 153 Å². The minimum atomic E-state index is -1.83. The van der Waals surface area contributed by atoms with Gasteiger partial charge in [-0.05, 0) is 26.2 Å². The Morgan fingerprint density at radius 1 is 1.21 bits per heavy atom. The fourth-order valence-electron chi connectivity index (χ4n) is 2.16. The molecular formula is C14H14Cl3FN4O2. The van der Waals surface area contributed by atoms with Crippen molar-refractivity contribution in [2.24, 2.45) is 4.99 Å². The smallest absolute Gasteiger partial charge is 0.284 e. The van der Waals surface area contributed by atoms with Crippen LogP contribution in [0.1, 0.15) is 0 Å². The maximum absolute atomic E-state index is 13.9. The normalized spacial score (nSPS) is 18.9. The number of anilines is 1. The third-order valence-corrected chi connectivity index (χ3v) is 3.90. The molecule has 1 fully saturated rings. The van der Waals surface area contributed by atoms with E-state index in [2.05, 4.69) is 4.99 Å². The van der Waals surface area contributed by atoms with Gasteiger partial charge in [-0.15, -0.1) is 0 Å². The summed E-state index contributed by atoms with van der Waals surface area (Å²) in [5.74, 6) is -1.75. The average Bonchev–Trinajstić information content (AvgIpc) is 2.67. The predicted molar refractivity (Wildman–Crippen MR) is 92.2 cm³/mol. The fraction of sp³-hybridized carbons (Fsp3) is 0.357. The number of amides is 3. The van der Waals surface area contributed by atoms with E-state index in [1.54, 1.807) is 14.1 Å². The molecular weight excluding hydrogens is 382 g/mol. The van der Waals surface area contributed by atoms with Crippen molar-refractivity contribution in [2.75, 3.05) is 26.0 Å². The second-order valence-corrected chi connectivity index (χ2v) is 7.63. The Morgan fingerprint density at radius 3 is 2.29 bits per heavy atom. The lowest BCUT2D eigenvalue weighted by molar-refractivity contribution is -0.111. The summed E-state index contributed by atoms with van der Waals surface area (Å²) in [4.78, 5) is 32.2. The number of likely N-dealkylation sites (N-methyl/N-ethyl adjacent to an activating group) is 1. The van der Waals surface area contributed by atoms with Crippen molar-refractivity contribution < 1.29 is 14.0 Å². The first kappa shape index (κ1) is 18.9. The zero-order valence-corrected chi connectivity index (χ0v) is 15.3. The summed E-state index contributed by atoms with van der Waals surface area (Å²) in [6.45, 7) is 0. The first-order valence-corrected chi connectivity index (χ1v) is 7.86. The van der Waals surface area contributed by atoms with Crippen LogP contribution >= 0.6 is 34.8 Å². The van der Waals surface area contributed by atoms with Crippen LogP contribution in [0, 0.1) is 5.82 Å². The third-order valence-electron chi connectivity index (χ3n) is 3.31. The molecule has 1 aliphatic rings. The number of imide groups is 1. The summed E-state index contributed by atoms with van der Waals surface area (Å²) in [5.41, 5.74) is -0.167. The highest BCUT2D eigenvalue weighted by Gasteiger charge is 2.44. The number of benzene rings is 1. The molecule has 2 rings (SSSR count). The lowest BCUT2D eigenvalue weighted by Gasteiger charge is -2.27. The maximum atomic E-state index is 13.9. The lowest BCUT2D eigenvalue weighted by atomic mass is 10.3. The van der Waals surface area contributed by atoms with E-state index in [4.69, 9.17) is 34.8 Å². The highest BCUT2D eigenvalue weighted by molar-refractivity contribution is 6.68. The Balaban J connectivity index is 2.48. The van der Waals surface area contributed by atoms with Gasteiger partial charge in [0.2, 0.25) is 9.63 Å². The summed E-state index contributed by atoms with van der Waals surface area (Å²) in [6.07, 6.45) is -1.02. The molecule has 1 heterocycles. The molecule has 1 saturated heterocycles. The molecule has 3 amide bonds. The van der Waals surface area contributed by atoms with Crippen molar-refractivity contribution in [3.63, 3.8) is 0 Å². The Hall–Kier alpha value is -1.41. The van der Waals surface area contributed by atoms with Gasteiger partial charge in [0.05, 0.1) is 5.69 Å². The molecule has 0 saturated carbocycles. The van der Waals surface area contributed by atoms with E-state index in [1.807, 2.05) is 0 Å². The molecule has 0 radical (unpaired) electrons. The number of rotatable bonds is 3. The highest BCUT2D eigenvalue weighted by Crippen LogP contribution is 2.34. The van der Waals surface area contributed by atoms with Gasteiger partial charge in [-0.2, -0.15) is 0 Å². The van der Waals surface area contributed by atoms with Gasteiger partial charge < -0.3 is 0 Å². The molecule has 6 nitrogen and oxygen atoms in total. The number of urea groups is 1. The molecule has 10 heteroatoms. The molecule has 130 valence electrons. The number of nitrogens with zero attached hydrogens (tertiary/aromatic N) is 4. The summed E-state index contributed by atoms with van der Waals surface area (Å²) >= 11 is 17.6. The van der Waals surface area contributed by atoms with Crippen molar-refractivity contribution in [1.82, 2.24) is 9.80 Å². The quantitative estimate of drug-likeness (QED) is 0.584. The minimum Gasteiger partial charge on any atom is -0.284 e. The molecule has 1 aromatic rings. The Bertz CT molecular complexity index is 706. The molecule has 0 aromatic heterocycles. The number of aliphatic imine (C=N–C) groups is 1. The number of carbonyl (C=O) groups is 2. The molecule has 1 aliphatic heterocycles. The Kier molecular flexibility index (Phi) is 5.39. The van der Waals surface area contributed by atoms with Crippen molar-refractivity contribution in [1.29, 1.82) is 0 Å². The van der Waals surface area contributed by atoms with Gasteiger partial charge in [0, 0.05) is 7.05 Å². The van der Waals surface area contributed by atoms with Gasteiger partial charge in [0.1, 0.15) is 5.82 Å². The topological polar surface area (TPSA) is 56.2 Å². The van der Waals surface area contributed by atoms with Crippen LogP contribution in [0.3, 0.4) is 0 Å². The monoisotopic (exact) mass is 394 g/mol. The molecule has 0 aliphatic carbocycles. The maximum Gasteiger partial charge on any atom is 0.337 e. The summed E-state index contributed by atoms with van der Waals surface area (Å²) in [6, 6.07) is 4.69. The van der Waals surface area contributed by atoms with Crippen LogP contribution in [-0.2, 0) is 4.79 Å². The SMILES string of the molecule is CN1C(=O)N(c2ccccc2F)C(=O)/C1=N\C(N(C)C)C(Cl)(Cl)Cl. The molecule has 0 bridgehead atoms.